The van der Waals surface area contributed by atoms with Crippen molar-refractivity contribution in [2.45, 2.75) is 26.3 Å². The Kier molecular flexibility index (Phi) is 6.89. The quantitative estimate of drug-likeness (QED) is 0.602. The molecule has 0 aromatic carbocycles. The maximum atomic E-state index is 12.4. The smallest absolute Gasteiger partial charge is 0.220 e. The molecule has 31 heavy (non-hydrogen) atoms. The molecular weight excluding hydrogens is 392 g/mol. The molecule has 0 unspecified atom stereocenters. The Bertz CT molecular complexity index is 998. The molecule has 1 N–H and O–H groups in total. The van der Waals surface area contributed by atoms with Crippen LogP contribution in [0.25, 0.3) is 11.4 Å². The van der Waals surface area contributed by atoms with Gasteiger partial charge in [-0.15, -0.1) is 0 Å². The molecule has 0 atom stereocenters. The highest BCUT2D eigenvalue weighted by Crippen LogP contribution is 2.18. The predicted octanol–water partition coefficient (Wildman–Crippen LogP) is 2.23. The lowest BCUT2D eigenvalue weighted by Crippen LogP contribution is -2.36. The fraction of sp³-hybridized carbons (Fsp3) is 0.391. The molecule has 1 saturated heterocycles. The van der Waals surface area contributed by atoms with Gasteiger partial charge in [-0.05, 0) is 43.2 Å². The zero-order chi connectivity index (χ0) is 21.5. The molecule has 162 valence electrons. The third kappa shape index (κ3) is 5.46. The second kappa shape index (κ2) is 10.2. The number of pyridine rings is 2. The predicted molar refractivity (Wildman–Crippen MR) is 119 cm³/mol. The summed E-state index contributed by atoms with van der Waals surface area (Å²) in [6.07, 6.45) is 8.34. The first-order chi connectivity index (χ1) is 15.2. The SMILES string of the molecule is Cc1cnc(-c2ccncc2)n1CCNC(=O)CCc1ccnc(N2CCOCC2)c1. The van der Waals surface area contributed by atoms with E-state index in [1.807, 2.05) is 37.5 Å². The van der Waals surface area contributed by atoms with E-state index in [9.17, 15) is 4.79 Å². The summed E-state index contributed by atoms with van der Waals surface area (Å²) in [4.78, 5) is 27.6. The number of imidazole rings is 1. The van der Waals surface area contributed by atoms with Crippen LogP contribution in [-0.2, 0) is 22.5 Å². The number of anilines is 1. The van der Waals surface area contributed by atoms with Crippen LogP contribution in [0.1, 0.15) is 17.7 Å². The molecular formula is C23H28N6O2. The van der Waals surface area contributed by atoms with Gasteiger partial charge in [0.1, 0.15) is 11.6 Å². The van der Waals surface area contributed by atoms with E-state index < -0.39 is 0 Å². The number of carbonyl (C=O) groups is 1. The number of nitrogens with one attached hydrogen (secondary N) is 1. The zero-order valence-corrected chi connectivity index (χ0v) is 17.8. The zero-order valence-electron chi connectivity index (χ0n) is 17.8. The first-order valence-electron chi connectivity index (χ1n) is 10.7. The van der Waals surface area contributed by atoms with Gasteiger partial charge in [-0.3, -0.25) is 9.78 Å². The van der Waals surface area contributed by atoms with Gasteiger partial charge in [0.15, 0.2) is 0 Å². The van der Waals surface area contributed by atoms with E-state index in [1.165, 1.54) is 0 Å². The fourth-order valence-electron chi connectivity index (χ4n) is 3.71. The molecule has 0 saturated carbocycles. The van der Waals surface area contributed by atoms with Gasteiger partial charge in [0.25, 0.3) is 0 Å². The summed E-state index contributed by atoms with van der Waals surface area (Å²) in [7, 11) is 0. The summed E-state index contributed by atoms with van der Waals surface area (Å²) < 4.78 is 7.52. The topological polar surface area (TPSA) is 85.2 Å². The minimum absolute atomic E-state index is 0.0490. The van der Waals surface area contributed by atoms with Crippen LogP contribution in [0.3, 0.4) is 0 Å². The summed E-state index contributed by atoms with van der Waals surface area (Å²) in [5.74, 6) is 1.90. The van der Waals surface area contributed by atoms with Crippen molar-refractivity contribution < 1.29 is 9.53 Å². The molecule has 0 bridgehead atoms. The Morgan fingerprint density at radius 1 is 1.13 bits per heavy atom. The number of aryl methyl sites for hydroxylation is 2. The van der Waals surface area contributed by atoms with Crippen molar-refractivity contribution in [2.75, 3.05) is 37.7 Å². The second-order valence-electron chi connectivity index (χ2n) is 7.58. The number of amides is 1. The minimum atomic E-state index is 0.0490. The standard InChI is InChI=1S/C23H28N6O2/c1-18-17-27-23(20-5-7-24-8-6-20)29(18)11-10-26-22(30)3-2-19-4-9-25-21(16-19)28-12-14-31-15-13-28/h4-9,16-17H,2-3,10-15H2,1H3,(H,26,30). The van der Waals surface area contributed by atoms with Gasteiger partial charge in [-0.1, -0.05) is 0 Å². The van der Waals surface area contributed by atoms with E-state index in [1.54, 1.807) is 12.4 Å². The Morgan fingerprint density at radius 3 is 2.74 bits per heavy atom. The normalized spacial score (nSPS) is 13.9. The minimum Gasteiger partial charge on any atom is -0.378 e. The second-order valence-corrected chi connectivity index (χ2v) is 7.58. The van der Waals surface area contributed by atoms with Crippen molar-refractivity contribution >= 4 is 11.7 Å². The molecule has 3 aromatic rings. The van der Waals surface area contributed by atoms with Crippen LogP contribution in [0.5, 0.6) is 0 Å². The summed E-state index contributed by atoms with van der Waals surface area (Å²) in [6, 6.07) is 7.94. The lowest BCUT2D eigenvalue weighted by molar-refractivity contribution is -0.121. The van der Waals surface area contributed by atoms with Gasteiger partial charge in [-0.25, -0.2) is 9.97 Å². The lowest BCUT2D eigenvalue weighted by atomic mass is 10.1. The average Bonchev–Trinajstić information content (AvgIpc) is 3.19. The van der Waals surface area contributed by atoms with Crippen molar-refractivity contribution in [2.24, 2.45) is 0 Å². The third-order valence-corrected chi connectivity index (χ3v) is 5.44. The molecule has 4 heterocycles. The van der Waals surface area contributed by atoms with Crippen LogP contribution in [0, 0.1) is 6.92 Å². The van der Waals surface area contributed by atoms with Crippen molar-refractivity contribution in [1.82, 2.24) is 24.8 Å². The van der Waals surface area contributed by atoms with Crippen LogP contribution >= 0.6 is 0 Å². The molecule has 1 aliphatic rings. The molecule has 8 heteroatoms. The van der Waals surface area contributed by atoms with Gasteiger partial charge in [0.2, 0.25) is 5.91 Å². The summed E-state index contributed by atoms with van der Waals surface area (Å²) in [6.45, 7) is 6.42. The van der Waals surface area contributed by atoms with Crippen LogP contribution < -0.4 is 10.2 Å². The van der Waals surface area contributed by atoms with Crippen molar-refractivity contribution in [3.63, 3.8) is 0 Å². The third-order valence-electron chi connectivity index (χ3n) is 5.44. The molecule has 1 aliphatic heterocycles. The summed E-state index contributed by atoms with van der Waals surface area (Å²) in [5, 5.41) is 3.03. The van der Waals surface area contributed by atoms with Gasteiger partial charge in [0.05, 0.1) is 13.2 Å². The van der Waals surface area contributed by atoms with Gasteiger partial charge in [-0.2, -0.15) is 0 Å². The Hall–Kier alpha value is -3.26. The number of morpholine rings is 1. The van der Waals surface area contributed by atoms with E-state index in [0.717, 1.165) is 54.8 Å². The lowest BCUT2D eigenvalue weighted by Gasteiger charge is -2.28. The van der Waals surface area contributed by atoms with Crippen molar-refractivity contribution in [3.05, 3.63) is 60.3 Å². The highest BCUT2D eigenvalue weighted by molar-refractivity contribution is 5.76. The Balaban J connectivity index is 1.27. The van der Waals surface area contributed by atoms with Gasteiger partial charge < -0.3 is 19.5 Å². The Morgan fingerprint density at radius 2 is 1.94 bits per heavy atom. The number of nitrogens with zero attached hydrogens (tertiary/aromatic N) is 5. The Labute approximate surface area is 182 Å². The van der Waals surface area contributed by atoms with Crippen LogP contribution in [0.2, 0.25) is 0 Å². The molecule has 0 radical (unpaired) electrons. The first-order valence-corrected chi connectivity index (χ1v) is 10.7. The van der Waals surface area contributed by atoms with E-state index in [-0.39, 0.29) is 5.91 Å². The van der Waals surface area contributed by atoms with Gasteiger partial charge in [0, 0.05) is 68.6 Å². The van der Waals surface area contributed by atoms with Crippen molar-refractivity contribution in [3.8, 4) is 11.4 Å². The first kappa shape index (κ1) is 21.0. The van der Waals surface area contributed by atoms with Crippen LogP contribution in [0.4, 0.5) is 5.82 Å². The maximum Gasteiger partial charge on any atom is 0.220 e. The highest BCUT2D eigenvalue weighted by Gasteiger charge is 2.13. The molecule has 1 amide bonds. The summed E-state index contributed by atoms with van der Waals surface area (Å²) in [5.41, 5.74) is 3.20. The average molecular weight is 421 g/mol. The number of rotatable bonds is 8. The molecule has 0 spiro atoms. The number of carbonyl (C=O) groups excluding carboxylic acids is 1. The van der Waals surface area contributed by atoms with E-state index in [0.29, 0.717) is 25.9 Å². The molecule has 8 nitrogen and oxygen atoms in total. The molecule has 3 aromatic heterocycles. The molecule has 1 fully saturated rings. The number of ether oxygens (including phenoxy) is 1. The van der Waals surface area contributed by atoms with E-state index in [4.69, 9.17) is 4.74 Å². The number of hydrogen-bond donors (Lipinski definition) is 1. The molecule has 4 rings (SSSR count). The molecule has 0 aliphatic carbocycles. The maximum absolute atomic E-state index is 12.4. The largest absolute Gasteiger partial charge is 0.378 e. The van der Waals surface area contributed by atoms with E-state index in [2.05, 4.69) is 35.8 Å². The van der Waals surface area contributed by atoms with Crippen molar-refractivity contribution in [1.29, 1.82) is 0 Å². The number of hydrogen-bond acceptors (Lipinski definition) is 6. The number of aromatic nitrogens is 4. The van der Waals surface area contributed by atoms with E-state index >= 15 is 0 Å². The van der Waals surface area contributed by atoms with Crippen LogP contribution in [-0.4, -0.2) is 58.3 Å². The highest BCUT2D eigenvalue weighted by atomic mass is 16.5. The summed E-state index contributed by atoms with van der Waals surface area (Å²) >= 11 is 0. The van der Waals surface area contributed by atoms with Gasteiger partial charge >= 0.3 is 0 Å². The van der Waals surface area contributed by atoms with Crippen LogP contribution in [0.15, 0.2) is 49.1 Å². The fourth-order valence-corrected chi connectivity index (χ4v) is 3.71. The monoisotopic (exact) mass is 420 g/mol.